The van der Waals surface area contributed by atoms with E-state index in [4.69, 9.17) is 9.84 Å². The van der Waals surface area contributed by atoms with E-state index in [1.165, 1.54) is 11.1 Å². The summed E-state index contributed by atoms with van der Waals surface area (Å²) in [7, 11) is 0. The maximum Gasteiger partial charge on any atom is 0.119 e. The number of aliphatic hydroxyl groups is 1. The molecule has 0 heterocycles. The molecule has 0 aliphatic carbocycles. The lowest BCUT2D eigenvalue weighted by molar-refractivity contribution is 0.296. The molecule has 0 aliphatic rings. The first-order valence-electron chi connectivity index (χ1n) is 6.57. The highest BCUT2D eigenvalue weighted by Gasteiger charge is 2.04. The second-order valence-corrected chi connectivity index (χ2v) is 5.94. The predicted molar refractivity (Wildman–Crippen MR) is 79.8 cm³/mol. The predicted octanol–water partition coefficient (Wildman–Crippen LogP) is 3.61. The van der Waals surface area contributed by atoms with Gasteiger partial charge in [0.2, 0.25) is 0 Å². The first kappa shape index (κ1) is 15.4. The van der Waals surface area contributed by atoms with E-state index in [0.29, 0.717) is 5.92 Å². The molecule has 0 unspecified atom stereocenters. The first-order chi connectivity index (χ1) is 8.65. The van der Waals surface area contributed by atoms with Crippen molar-refractivity contribution in [2.45, 2.75) is 33.1 Å². The standard InChI is InChI=1S/C15H24O2S/c1-12(2)15-6-5-14(11-13(15)3)17-8-10-18-9-4-7-16/h5-6,11-12,16H,4,7-10H2,1-3H3. The van der Waals surface area contributed by atoms with Crippen molar-refractivity contribution in [3.63, 3.8) is 0 Å². The Morgan fingerprint density at radius 3 is 2.67 bits per heavy atom. The Kier molecular flexibility index (Phi) is 7.21. The van der Waals surface area contributed by atoms with Gasteiger partial charge in [-0.1, -0.05) is 19.9 Å². The molecular weight excluding hydrogens is 244 g/mol. The highest BCUT2D eigenvalue weighted by Crippen LogP contribution is 2.23. The molecule has 0 saturated heterocycles. The highest BCUT2D eigenvalue weighted by atomic mass is 32.2. The zero-order valence-corrected chi connectivity index (χ0v) is 12.4. The molecule has 0 aliphatic heterocycles. The van der Waals surface area contributed by atoms with Crippen LogP contribution in [0.2, 0.25) is 0 Å². The molecule has 1 rings (SSSR count). The second kappa shape index (κ2) is 8.44. The van der Waals surface area contributed by atoms with Crippen molar-refractivity contribution in [2.24, 2.45) is 0 Å². The van der Waals surface area contributed by atoms with Crippen LogP contribution in [0.25, 0.3) is 0 Å². The minimum Gasteiger partial charge on any atom is -0.493 e. The van der Waals surface area contributed by atoms with E-state index in [1.807, 2.05) is 11.8 Å². The number of aliphatic hydroxyl groups excluding tert-OH is 1. The number of hydrogen-bond acceptors (Lipinski definition) is 3. The minimum atomic E-state index is 0.281. The quantitative estimate of drug-likeness (QED) is 0.730. The molecule has 0 aromatic heterocycles. The summed E-state index contributed by atoms with van der Waals surface area (Å²) in [6, 6.07) is 6.34. The van der Waals surface area contributed by atoms with Crippen molar-refractivity contribution in [2.75, 3.05) is 24.7 Å². The number of benzene rings is 1. The van der Waals surface area contributed by atoms with Gasteiger partial charge in [0.15, 0.2) is 0 Å². The average molecular weight is 268 g/mol. The normalized spacial score (nSPS) is 10.9. The van der Waals surface area contributed by atoms with Crippen molar-refractivity contribution in [1.29, 1.82) is 0 Å². The Labute approximate surface area is 115 Å². The summed E-state index contributed by atoms with van der Waals surface area (Å²) in [4.78, 5) is 0. The molecule has 0 fully saturated rings. The number of aryl methyl sites for hydroxylation is 1. The highest BCUT2D eigenvalue weighted by molar-refractivity contribution is 7.99. The number of rotatable bonds is 8. The lowest BCUT2D eigenvalue weighted by Gasteiger charge is -2.12. The lowest BCUT2D eigenvalue weighted by Crippen LogP contribution is -2.02. The molecule has 0 saturated carbocycles. The molecule has 0 amide bonds. The van der Waals surface area contributed by atoms with Gasteiger partial charge in [-0.15, -0.1) is 0 Å². The van der Waals surface area contributed by atoms with Crippen LogP contribution in [-0.4, -0.2) is 29.8 Å². The van der Waals surface area contributed by atoms with Gasteiger partial charge in [-0.2, -0.15) is 11.8 Å². The molecule has 2 nitrogen and oxygen atoms in total. The molecule has 0 radical (unpaired) electrons. The van der Waals surface area contributed by atoms with Crippen molar-refractivity contribution < 1.29 is 9.84 Å². The van der Waals surface area contributed by atoms with Crippen LogP contribution in [0.5, 0.6) is 5.75 Å². The average Bonchev–Trinajstić information content (AvgIpc) is 2.33. The van der Waals surface area contributed by atoms with E-state index in [0.717, 1.165) is 30.3 Å². The van der Waals surface area contributed by atoms with Gasteiger partial charge < -0.3 is 9.84 Å². The van der Waals surface area contributed by atoms with E-state index in [-0.39, 0.29) is 6.61 Å². The third-order valence-electron chi connectivity index (χ3n) is 2.81. The van der Waals surface area contributed by atoms with E-state index in [1.54, 1.807) is 0 Å². The van der Waals surface area contributed by atoms with Gasteiger partial charge in [0.1, 0.15) is 5.75 Å². The molecule has 18 heavy (non-hydrogen) atoms. The smallest absolute Gasteiger partial charge is 0.119 e. The molecule has 102 valence electrons. The summed E-state index contributed by atoms with van der Waals surface area (Å²) in [5.41, 5.74) is 2.69. The Bertz CT molecular complexity index is 350. The first-order valence-corrected chi connectivity index (χ1v) is 7.72. The van der Waals surface area contributed by atoms with Crippen molar-refractivity contribution in [3.8, 4) is 5.75 Å². The fraction of sp³-hybridized carbons (Fsp3) is 0.600. The van der Waals surface area contributed by atoms with Crippen molar-refractivity contribution in [1.82, 2.24) is 0 Å². The monoisotopic (exact) mass is 268 g/mol. The molecule has 0 spiro atoms. The molecule has 1 aromatic rings. The summed E-state index contributed by atoms with van der Waals surface area (Å²) in [6.45, 7) is 7.57. The minimum absolute atomic E-state index is 0.281. The molecule has 3 heteroatoms. The third-order valence-corrected chi connectivity index (χ3v) is 3.84. The van der Waals surface area contributed by atoms with Crippen LogP contribution in [0.4, 0.5) is 0 Å². The van der Waals surface area contributed by atoms with Crippen LogP contribution in [0.15, 0.2) is 18.2 Å². The summed E-state index contributed by atoms with van der Waals surface area (Å²) in [6.07, 6.45) is 0.868. The molecule has 1 N–H and O–H groups in total. The second-order valence-electron chi connectivity index (χ2n) is 4.71. The maximum atomic E-state index is 8.66. The van der Waals surface area contributed by atoms with Crippen LogP contribution in [0.3, 0.4) is 0 Å². The Hall–Kier alpha value is -0.670. The van der Waals surface area contributed by atoms with Crippen LogP contribution >= 0.6 is 11.8 Å². The number of hydrogen-bond donors (Lipinski definition) is 1. The van der Waals surface area contributed by atoms with Gasteiger partial charge in [0.05, 0.1) is 6.61 Å². The van der Waals surface area contributed by atoms with Crippen LogP contribution in [0.1, 0.15) is 37.3 Å². The summed E-state index contributed by atoms with van der Waals surface area (Å²) in [5.74, 6) is 3.50. The third kappa shape index (κ3) is 5.32. The molecule has 0 bridgehead atoms. The van der Waals surface area contributed by atoms with Crippen LogP contribution in [0, 0.1) is 6.92 Å². The van der Waals surface area contributed by atoms with Gasteiger partial charge in [0, 0.05) is 12.4 Å². The van der Waals surface area contributed by atoms with Crippen molar-refractivity contribution >= 4 is 11.8 Å². The number of thioether (sulfide) groups is 1. The fourth-order valence-corrected chi connectivity index (χ4v) is 2.61. The lowest BCUT2D eigenvalue weighted by atomic mass is 9.98. The maximum absolute atomic E-state index is 8.66. The molecule has 0 atom stereocenters. The van der Waals surface area contributed by atoms with E-state index in [2.05, 4.69) is 39.0 Å². The summed E-state index contributed by atoms with van der Waals surface area (Å²) < 4.78 is 5.72. The Morgan fingerprint density at radius 1 is 1.28 bits per heavy atom. The summed E-state index contributed by atoms with van der Waals surface area (Å²) in [5, 5.41) is 8.66. The van der Waals surface area contributed by atoms with Gasteiger partial charge >= 0.3 is 0 Å². The van der Waals surface area contributed by atoms with Gasteiger partial charge in [-0.25, -0.2) is 0 Å². The van der Waals surface area contributed by atoms with E-state index < -0.39 is 0 Å². The van der Waals surface area contributed by atoms with Crippen molar-refractivity contribution in [3.05, 3.63) is 29.3 Å². The zero-order valence-electron chi connectivity index (χ0n) is 11.6. The van der Waals surface area contributed by atoms with E-state index in [9.17, 15) is 0 Å². The van der Waals surface area contributed by atoms with Gasteiger partial charge in [-0.05, 0) is 48.3 Å². The molecular formula is C15H24O2S. The molecule has 1 aromatic carbocycles. The van der Waals surface area contributed by atoms with Gasteiger partial charge in [-0.3, -0.25) is 0 Å². The van der Waals surface area contributed by atoms with Crippen LogP contribution < -0.4 is 4.74 Å². The SMILES string of the molecule is Cc1cc(OCCSCCCO)ccc1C(C)C. The fourth-order valence-electron chi connectivity index (χ4n) is 1.87. The van der Waals surface area contributed by atoms with Gasteiger partial charge in [0.25, 0.3) is 0 Å². The number of ether oxygens (including phenoxy) is 1. The summed E-state index contributed by atoms with van der Waals surface area (Å²) >= 11 is 1.82. The zero-order chi connectivity index (χ0) is 13.4. The Balaban J connectivity index is 2.33. The largest absolute Gasteiger partial charge is 0.493 e. The van der Waals surface area contributed by atoms with Crippen LogP contribution in [-0.2, 0) is 0 Å². The topological polar surface area (TPSA) is 29.5 Å². The Morgan fingerprint density at radius 2 is 2.06 bits per heavy atom. The van der Waals surface area contributed by atoms with E-state index >= 15 is 0 Å².